The highest BCUT2D eigenvalue weighted by Crippen LogP contribution is 2.56. The van der Waals surface area contributed by atoms with E-state index in [-0.39, 0.29) is 5.41 Å². The molecule has 1 saturated carbocycles. The summed E-state index contributed by atoms with van der Waals surface area (Å²) in [6, 6.07) is 62.9. The minimum atomic E-state index is 0.0817. The lowest BCUT2D eigenvalue weighted by atomic mass is 9.67. The maximum Gasteiger partial charge on any atom is 0.164 e. The van der Waals surface area contributed by atoms with Crippen molar-refractivity contribution < 1.29 is 0 Å². The standard InChI is InChI=1S/C51H39N3/c1-4-15-35(16-5-1)37-25-27-38(28-26-37)48-52-49(41-20-14-19-39(33-41)36-17-6-2-7-18-36)54-50(53-48)45-23-9-8-21-42(45)40-29-30-44-43-22-10-11-24-46(43)51(47(44)34-40)31-12-3-13-32-51/h1-2,4-11,14-30,33-34H,3,12-13,31-32H2. The van der Waals surface area contributed by atoms with Gasteiger partial charge in [-0.15, -0.1) is 0 Å². The van der Waals surface area contributed by atoms with Gasteiger partial charge in [0.25, 0.3) is 0 Å². The highest BCUT2D eigenvalue weighted by molar-refractivity contribution is 5.88. The van der Waals surface area contributed by atoms with Crippen LogP contribution >= 0.6 is 0 Å². The molecular formula is C51H39N3. The highest BCUT2D eigenvalue weighted by atomic mass is 15.0. The molecule has 0 aliphatic heterocycles. The van der Waals surface area contributed by atoms with Gasteiger partial charge in [0, 0.05) is 22.1 Å². The Morgan fingerprint density at radius 3 is 1.54 bits per heavy atom. The quantitative estimate of drug-likeness (QED) is 0.174. The fourth-order valence-electron chi connectivity index (χ4n) is 8.91. The lowest BCUT2D eigenvalue weighted by Crippen LogP contribution is -2.28. The Hall–Kier alpha value is -6.45. The Balaban J connectivity index is 1.12. The molecule has 1 aromatic heterocycles. The molecule has 1 spiro atoms. The molecule has 2 aliphatic rings. The molecule has 0 radical (unpaired) electrons. The Bertz CT molecular complexity index is 2620. The zero-order valence-corrected chi connectivity index (χ0v) is 30.1. The number of nitrogens with zero attached hydrogens (tertiary/aromatic N) is 3. The van der Waals surface area contributed by atoms with Crippen LogP contribution in [0.2, 0.25) is 0 Å². The Kier molecular flexibility index (Phi) is 8.06. The zero-order chi connectivity index (χ0) is 35.9. The molecule has 1 fully saturated rings. The molecule has 8 aromatic rings. The molecule has 3 heteroatoms. The first-order chi connectivity index (χ1) is 26.7. The van der Waals surface area contributed by atoms with E-state index in [1.54, 1.807) is 0 Å². The molecule has 0 bridgehead atoms. The summed E-state index contributed by atoms with van der Waals surface area (Å²) >= 11 is 0. The summed E-state index contributed by atoms with van der Waals surface area (Å²) in [5.41, 5.74) is 15.7. The van der Waals surface area contributed by atoms with E-state index in [4.69, 9.17) is 15.0 Å². The van der Waals surface area contributed by atoms with E-state index in [1.165, 1.54) is 65.5 Å². The van der Waals surface area contributed by atoms with Crippen LogP contribution in [-0.2, 0) is 5.41 Å². The molecule has 7 aromatic carbocycles. The molecule has 0 saturated heterocycles. The van der Waals surface area contributed by atoms with Crippen LogP contribution < -0.4 is 0 Å². The maximum absolute atomic E-state index is 5.25. The summed E-state index contributed by atoms with van der Waals surface area (Å²) < 4.78 is 0. The fraction of sp³-hybridized carbons (Fsp3) is 0.118. The molecule has 0 atom stereocenters. The lowest BCUT2D eigenvalue weighted by molar-refractivity contribution is 0.353. The summed E-state index contributed by atoms with van der Waals surface area (Å²) in [5, 5.41) is 0. The lowest BCUT2D eigenvalue weighted by Gasteiger charge is -2.36. The van der Waals surface area contributed by atoms with Crippen LogP contribution in [0.15, 0.2) is 176 Å². The summed E-state index contributed by atoms with van der Waals surface area (Å²) in [7, 11) is 0. The third-order valence-corrected chi connectivity index (χ3v) is 11.6. The van der Waals surface area contributed by atoms with Gasteiger partial charge in [-0.3, -0.25) is 0 Å². The molecule has 10 rings (SSSR count). The largest absolute Gasteiger partial charge is 0.208 e. The Morgan fingerprint density at radius 2 is 0.796 bits per heavy atom. The molecule has 1 heterocycles. The number of hydrogen-bond donors (Lipinski definition) is 0. The second kappa shape index (κ2) is 13.5. The predicted octanol–water partition coefficient (Wildman–Crippen LogP) is 13.1. The molecule has 258 valence electrons. The van der Waals surface area contributed by atoms with Gasteiger partial charge in [-0.2, -0.15) is 0 Å². The SMILES string of the molecule is c1ccc(-c2ccc(-c3nc(-c4cccc(-c5ccccc5)c4)nc(-c4ccccc4-c4ccc5c(c4)C4(CCCCC4)c4ccccc4-5)n3)cc2)cc1. The topological polar surface area (TPSA) is 38.7 Å². The van der Waals surface area contributed by atoms with Crippen LogP contribution in [0.1, 0.15) is 43.2 Å². The van der Waals surface area contributed by atoms with Crippen molar-refractivity contribution in [1.82, 2.24) is 15.0 Å². The van der Waals surface area contributed by atoms with Gasteiger partial charge in [0.2, 0.25) is 0 Å². The van der Waals surface area contributed by atoms with Crippen molar-refractivity contribution in [2.24, 2.45) is 0 Å². The first-order valence-corrected chi connectivity index (χ1v) is 19.2. The van der Waals surface area contributed by atoms with Crippen LogP contribution in [0.5, 0.6) is 0 Å². The minimum absolute atomic E-state index is 0.0817. The molecule has 54 heavy (non-hydrogen) atoms. The smallest absolute Gasteiger partial charge is 0.164 e. The first kappa shape index (κ1) is 32.2. The average Bonchev–Trinajstić information content (AvgIpc) is 3.52. The van der Waals surface area contributed by atoms with Crippen molar-refractivity contribution in [2.75, 3.05) is 0 Å². The van der Waals surface area contributed by atoms with Crippen molar-refractivity contribution >= 4 is 0 Å². The molecule has 0 amide bonds. The van der Waals surface area contributed by atoms with E-state index >= 15 is 0 Å². The normalized spacial score (nSPS) is 14.1. The minimum Gasteiger partial charge on any atom is -0.208 e. The first-order valence-electron chi connectivity index (χ1n) is 19.2. The van der Waals surface area contributed by atoms with Crippen molar-refractivity contribution in [3.05, 3.63) is 187 Å². The van der Waals surface area contributed by atoms with Gasteiger partial charge in [0.05, 0.1) is 0 Å². The van der Waals surface area contributed by atoms with Gasteiger partial charge in [-0.05, 0) is 80.6 Å². The van der Waals surface area contributed by atoms with Gasteiger partial charge < -0.3 is 0 Å². The van der Waals surface area contributed by atoms with E-state index < -0.39 is 0 Å². The Labute approximate surface area is 317 Å². The van der Waals surface area contributed by atoms with Crippen LogP contribution in [0.4, 0.5) is 0 Å². The second-order valence-corrected chi connectivity index (χ2v) is 14.7. The maximum atomic E-state index is 5.25. The highest BCUT2D eigenvalue weighted by Gasteiger charge is 2.43. The van der Waals surface area contributed by atoms with Crippen molar-refractivity contribution in [1.29, 1.82) is 0 Å². The van der Waals surface area contributed by atoms with E-state index in [9.17, 15) is 0 Å². The van der Waals surface area contributed by atoms with Crippen LogP contribution in [0.3, 0.4) is 0 Å². The van der Waals surface area contributed by atoms with E-state index in [0.717, 1.165) is 38.9 Å². The monoisotopic (exact) mass is 693 g/mol. The number of rotatable bonds is 6. The molecule has 0 unspecified atom stereocenters. The Morgan fingerprint density at radius 1 is 0.296 bits per heavy atom. The summed E-state index contributed by atoms with van der Waals surface area (Å²) in [6.45, 7) is 0. The van der Waals surface area contributed by atoms with Crippen molar-refractivity contribution in [3.8, 4) is 78.7 Å². The van der Waals surface area contributed by atoms with Gasteiger partial charge in [0.1, 0.15) is 0 Å². The van der Waals surface area contributed by atoms with Gasteiger partial charge in [-0.1, -0.05) is 183 Å². The number of aromatic nitrogens is 3. The van der Waals surface area contributed by atoms with E-state index in [0.29, 0.717) is 17.5 Å². The third-order valence-electron chi connectivity index (χ3n) is 11.6. The summed E-state index contributed by atoms with van der Waals surface area (Å²) in [6.07, 6.45) is 6.25. The molecule has 2 aliphatic carbocycles. The fourth-order valence-corrected chi connectivity index (χ4v) is 8.91. The number of hydrogen-bond acceptors (Lipinski definition) is 3. The van der Waals surface area contributed by atoms with Gasteiger partial charge >= 0.3 is 0 Å². The third kappa shape index (κ3) is 5.64. The van der Waals surface area contributed by atoms with Gasteiger partial charge in [0.15, 0.2) is 17.5 Å². The van der Waals surface area contributed by atoms with Gasteiger partial charge in [-0.25, -0.2) is 15.0 Å². The van der Waals surface area contributed by atoms with Crippen LogP contribution in [0, 0.1) is 0 Å². The molecular weight excluding hydrogens is 655 g/mol. The van der Waals surface area contributed by atoms with E-state index in [2.05, 4.69) is 164 Å². The average molecular weight is 694 g/mol. The summed E-state index contributed by atoms with van der Waals surface area (Å²) in [5.74, 6) is 1.97. The van der Waals surface area contributed by atoms with Crippen LogP contribution in [0.25, 0.3) is 78.7 Å². The number of benzene rings is 7. The second-order valence-electron chi connectivity index (χ2n) is 14.7. The van der Waals surface area contributed by atoms with Crippen molar-refractivity contribution in [2.45, 2.75) is 37.5 Å². The zero-order valence-electron chi connectivity index (χ0n) is 30.1. The van der Waals surface area contributed by atoms with Crippen molar-refractivity contribution in [3.63, 3.8) is 0 Å². The summed E-state index contributed by atoms with van der Waals surface area (Å²) in [4.78, 5) is 15.6. The predicted molar refractivity (Wildman–Crippen MR) is 222 cm³/mol. The molecule has 0 N–H and O–H groups in total. The number of fused-ring (bicyclic) bond motifs is 5. The van der Waals surface area contributed by atoms with E-state index in [1.807, 2.05) is 12.1 Å². The van der Waals surface area contributed by atoms with Crippen LogP contribution in [-0.4, -0.2) is 15.0 Å². The molecule has 3 nitrogen and oxygen atoms in total.